The van der Waals surface area contributed by atoms with Gasteiger partial charge in [0.05, 0.1) is 6.10 Å². The first-order valence-corrected chi connectivity index (χ1v) is 4.54. The first-order valence-electron chi connectivity index (χ1n) is 4.54. The van der Waals surface area contributed by atoms with Gasteiger partial charge in [0.2, 0.25) is 0 Å². The Kier molecular flexibility index (Phi) is 6.21. The van der Waals surface area contributed by atoms with E-state index >= 15 is 0 Å². The highest BCUT2D eigenvalue weighted by atomic mass is 16.9. The van der Waals surface area contributed by atoms with Crippen molar-refractivity contribution in [3.63, 3.8) is 0 Å². The predicted octanol–water partition coefficient (Wildman–Crippen LogP) is 0.819. The normalized spacial score (nSPS) is 13.4. The lowest BCUT2D eigenvalue weighted by Gasteiger charge is -2.32. The van der Waals surface area contributed by atoms with Crippen molar-refractivity contribution in [2.45, 2.75) is 32.3 Å². The Morgan fingerprint density at radius 1 is 1.43 bits per heavy atom. The Balaban J connectivity index is 4.29. The summed E-state index contributed by atoms with van der Waals surface area (Å²) in [6, 6.07) is 0. The molecule has 0 amide bonds. The van der Waals surface area contributed by atoms with Crippen LogP contribution in [0, 0.1) is 11.5 Å². The van der Waals surface area contributed by atoms with E-state index in [4.69, 9.17) is 19.5 Å². The van der Waals surface area contributed by atoms with Gasteiger partial charge in [-0.2, -0.15) is 5.26 Å². The van der Waals surface area contributed by atoms with Crippen LogP contribution in [0.15, 0.2) is 0 Å². The van der Waals surface area contributed by atoms with E-state index < -0.39 is 5.97 Å². The number of ether oxygens (including phenoxy) is 3. The van der Waals surface area contributed by atoms with E-state index in [9.17, 15) is 0 Å². The summed E-state index contributed by atoms with van der Waals surface area (Å²) in [6.07, 6.45) is 2.65. The molecular formula is C9H18N2O3. The van der Waals surface area contributed by atoms with Gasteiger partial charge < -0.3 is 19.5 Å². The Morgan fingerprint density at radius 2 is 2.00 bits per heavy atom. The number of nitrogens with zero attached hydrogens (tertiary/aromatic N) is 1. The second-order valence-corrected chi connectivity index (χ2v) is 2.89. The lowest BCUT2D eigenvalue weighted by molar-refractivity contribution is -0.369. The molecule has 0 aliphatic heterocycles. The molecule has 0 aromatic rings. The van der Waals surface area contributed by atoms with Gasteiger partial charge in [0.25, 0.3) is 0 Å². The molecule has 0 spiro atoms. The van der Waals surface area contributed by atoms with Gasteiger partial charge in [-0.1, -0.05) is 6.92 Å². The van der Waals surface area contributed by atoms with Crippen LogP contribution in [0.1, 0.15) is 20.3 Å². The largest absolute Gasteiger partial charge is 0.329 e. The minimum atomic E-state index is -1.18. The van der Waals surface area contributed by atoms with Crippen LogP contribution in [0.4, 0.5) is 0 Å². The van der Waals surface area contributed by atoms with Crippen LogP contribution in [-0.2, 0) is 14.2 Å². The quantitative estimate of drug-likeness (QED) is 0.376. The fraction of sp³-hybridized carbons (Fsp3) is 0.889. The number of hydrogen-bond donors (Lipinski definition) is 1. The first-order chi connectivity index (χ1) is 6.64. The molecule has 0 radical (unpaired) electrons. The van der Waals surface area contributed by atoms with Crippen LogP contribution in [0.2, 0.25) is 0 Å². The van der Waals surface area contributed by atoms with E-state index in [1.165, 1.54) is 14.2 Å². The van der Waals surface area contributed by atoms with Crippen molar-refractivity contribution in [2.24, 2.45) is 0 Å². The maximum atomic E-state index is 8.38. The lowest BCUT2D eigenvalue weighted by Crippen LogP contribution is -2.47. The third kappa shape index (κ3) is 3.92. The summed E-state index contributed by atoms with van der Waals surface area (Å²) in [5.41, 5.74) is 0. The van der Waals surface area contributed by atoms with Gasteiger partial charge >= 0.3 is 5.97 Å². The molecule has 0 heterocycles. The summed E-state index contributed by atoms with van der Waals surface area (Å²) < 4.78 is 15.7. The van der Waals surface area contributed by atoms with Crippen LogP contribution in [-0.4, -0.2) is 32.8 Å². The molecule has 0 fully saturated rings. The first kappa shape index (κ1) is 13.2. The summed E-state index contributed by atoms with van der Waals surface area (Å²) in [5, 5.41) is 10.8. The molecule has 1 atom stereocenters. The third-order valence-corrected chi connectivity index (χ3v) is 1.96. The highest BCUT2D eigenvalue weighted by Crippen LogP contribution is 2.16. The van der Waals surface area contributed by atoms with Crippen LogP contribution in [0.25, 0.3) is 0 Å². The highest BCUT2D eigenvalue weighted by molar-refractivity contribution is 4.71. The molecule has 5 nitrogen and oxygen atoms in total. The van der Waals surface area contributed by atoms with Crippen molar-refractivity contribution in [1.82, 2.24) is 5.32 Å². The molecule has 82 valence electrons. The molecule has 5 heteroatoms. The van der Waals surface area contributed by atoms with E-state index in [-0.39, 0.29) is 12.6 Å². The van der Waals surface area contributed by atoms with Gasteiger partial charge in [-0.3, -0.25) is 0 Å². The van der Waals surface area contributed by atoms with Crippen molar-refractivity contribution in [3.05, 3.63) is 0 Å². The van der Waals surface area contributed by atoms with E-state index in [0.29, 0.717) is 0 Å². The van der Waals surface area contributed by atoms with Gasteiger partial charge in [0.1, 0.15) is 6.54 Å². The van der Waals surface area contributed by atoms with Gasteiger partial charge in [0.15, 0.2) is 6.19 Å². The molecule has 0 aliphatic rings. The Bertz CT molecular complexity index is 187. The molecule has 0 saturated heterocycles. The monoisotopic (exact) mass is 202 g/mol. The molecule has 0 bridgehead atoms. The smallest absolute Gasteiger partial charge is 0.301 e. The second-order valence-electron chi connectivity index (χ2n) is 2.89. The maximum absolute atomic E-state index is 8.38. The lowest BCUT2D eigenvalue weighted by atomic mass is 10.3. The molecule has 14 heavy (non-hydrogen) atoms. The van der Waals surface area contributed by atoms with E-state index in [2.05, 4.69) is 5.32 Å². The number of nitrogens with one attached hydrogen (secondary N) is 1. The van der Waals surface area contributed by atoms with Gasteiger partial charge in [0, 0.05) is 14.2 Å². The van der Waals surface area contributed by atoms with Gasteiger partial charge in [-0.05, 0) is 13.3 Å². The van der Waals surface area contributed by atoms with Crippen molar-refractivity contribution < 1.29 is 14.2 Å². The summed E-state index contributed by atoms with van der Waals surface area (Å²) in [7, 11) is 2.95. The molecule has 0 aliphatic carbocycles. The topological polar surface area (TPSA) is 63.5 Å². The number of methoxy groups -OCH3 is 2. The van der Waals surface area contributed by atoms with E-state index in [0.717, 1.165) is 6.42 Å². The maximum Gasteiger partial charge on any atom is 0.301 e. The van der Waals surface area contributed by atoms with Crippen LogP contribution < -0.4 is 5.32 Å². The molecule has 0 rings (SSSR count). The predicted molar refractivity (Wildman–Crippen MR) is 51.2 cm³/mol. The summed E-state index contributed by atoms with van der Waals surface area (Å²) >= 11 is 0. The molecule has 1 unspecified atom stereocenters. The number of hydrogen-bond acceptors (Lipinski definition) is 5. The van der Waals surface area contributed by atoms with Crippen molar-refractivity contribution in [1.29, 1.82) is 5.26 Å². The Morgan fingerprint density at radius 3 is 2.36 bits per heavy atom. The fourth-order valence-electron chi connectivity index (χ4n) is 0.903. The SMILES string of the molecule is CCC(C)OC(CNC#N)(OC)OC. The van der Waals surface area contributed by atoms with Gasteiger partial charge in [-0.25, -0.2) is 0 Å². The average Bonchev–Trinajstić information content (AvgIpc) is 2.24. The van der Waals surface area contributed by atoms with E-state index in [1.54, 1.807) is 6.19 Å². The fourth-order valence-corrected chi connectivity index (χ4v) is 0.903. The molecule has 0 aromatic carbocycles. The zero-order valence-electron chi connectivity index (χ0n) is 9.16. The minimum absolute atomic E-state index is 0.00962. The summed E-state index contributed by atoms with van der Waals surface area (Å²) in [6.45, 7) is 4.08. The summed E-state index contributed by atoms with van der Waals surface area (Å²) in [5.74, 6) is -1.18. The van der Waals surface area contributed by atoms with Crippen molar-refractivity contribution in [2.75, 3.05) is 20.8 Å². The zero-order chi connectivity index (χ0) is 11.0. The second kappa shape index (κ2) is 6.60. The zero-order valence-corrected chi connectivity index (χ0v) is 9.16. The van der Waals surface area contributed by atoms with Crippen LogP contribution in [0.3, 0.4) is 0 Å². The molecule has 0 aromatic heterocycles. The molecule has 1 N–H and O–H groups in total. The van der Waals surface area contributed by atoms with Gasteiger partial charge in [-0.15, -0.1) is 0 Å². The molecule has 0 saturated carbocycles. The standard InChI is InChI=1S/C9H18N2O3/c1-5-8(2)14-9(12-3,13-4)6-11-7-10/h8,11H,5-6H2,1-4H3. The molecular weight excluding hydrogens is 184 g/mol. The Hall–Kier alpha value is -0.830. The Labute approximate surface area is 84.9 Å². The highest BCUT2D eigenvalue weighted by Gasteiger charge is 2.32. The average molecular weight is 202 g/mol. The van der Waals surface area contributed by atoms with E-state index in [1.807, 2.05) is 13.8 Å². The summed E-state index contributed by atoms with van der Waals surface area (Å²) in [4.78, 5) is 0. The van der Waals surface area contributed by atoms with Crippen molar-refractivity contribution in [3.8, 4) is 6.19 Å². The number of nitriles is 1. The van der Waals surface area contributed by atoms with Crippen molar-refractivity contribution >= 4 is 0 Å². The third-order valence-electron chi connectivity index (χ3n) is 1.96. The minimum Gasteiger partial charge on any atom is -0.329 e. The van der Waals surface area contributed by atoms with Crippen LogP contribution in [0.5, 0.6) is 0 Å². The number of rotatable bonds is 7. The van der Waals surface area contributed by atoms with Crippen LogP contribution >= 0.6 is 0 Å².